The van der Waals surface area contributed by atoms with Crippen LogP contribution in [0.25, 0.3) is 4.98 Å². The Morgan fingerprint density at radius 2 is 1.59 bits per heavy atom. The third-order valence-electron chi connectivity index (χ3n) is 2.94. The Labute approximate surface area is 161 Å². The molecule has 0 atom stereocenters. The minimum absolute atomic E-state index is 0. The van der Waals surface area contributed by atoms with Crippen molar-refractivity contribution in [3.63, 3.8) is 0 Å². The molecular weight excluding hydrogens is 406 g/mol. The standard InChI is InChI=1S/C12H16N3O3.3ClH.Zn/c1-16-11-8-10(15-3-5-18-6-4-15)12(17-2)7-9(11)14-13;;;;/h7-8H,3-6H2,1-2H3;3*1H;/q+1;;;;+2/p-3. The topological polar surface area (TPSA) is 59.1 Å². The van der Waals surface area contributed by atoms with Crippen LogP contribution in [-0.4, -0.2) is 40.5 Å². The van der Waals surface area contributed by atoms with Crippen LogP contribution in [0.5, 0.6) is 11.5 Å². The largest absolute Gasteiger partial charge is 2.00 e. The average molecular weight is 422 g/mol. The van der Waals surface area contributed by atoms with Crippen molar-refractivity contribution >= 4 is 11.4 Å². The maximum absolute atomic E-state index is 8.93. The number of halogens is 3. The van der Waals surface area contributed by atoms with Crippen LogP contribution in [0.4, 0.5) is 11.4 Å². The van der Waals surface area contributed by atoms with Gasteiger partial charge in [-0.25, -0.2) is 0 Å². The Morgan fingerprint density at radius 1 is 1.05 bits per heavy atom. The van der Waals surface area contributed by atoms with Gasteiger partial charge in [-0.3, -0.25) is 0 Å². The second kappa shape index (κ2) is 13.0. The zero-order chi connectivity index (χ0) is 13.0. The smallest absolute Gasteiger partial charge is 1.00 e. The van der Waals surface area contributed by atoms with E-state index in [9.17, 15) is 0 Å². The number of ether oxygens (including phenoxy) is 3. The summed E-state index contributed by atoms with van der Waals surface area (Å²) in [7, 11) is 3.13. The summed E-state index contributed by atoms with van der Waals surface area (Å²) in [5, 5.41) is 8.93. The first kappa shape index (κ1) is 26.4. The number of rotatable bonds is 3. The van der Waals surface area contributed by atoms with Crippen LogP contribution >= 0.6 is 0 Å². The van der Waals surface area contributed by atoms with Crippen molar-refractivity contribution in [3.05, 3.63) is 17.1 Å². The van der Waals surface area contributed by atoms with E-state index >= 15 is 0 Å². The minimum Gasteiger partial charge on any atom is -1.00 e. The van der Waals surface area contributed by atoms with Crippen molar-refractivity contribution in [2.24, 2.45) is 0 Å². The third-order valence-corrected chi connectivity index (χ3v) is 2.94. The maximum atomic E-state index is 8.93. The van der Waals surface area contributed by atoms with Crippen LogP contribution in [-0.2, 0) is 24.2 Å². The van der Waals surface area contributed by atoms with Gasteiger partial charge in [0.15, 0.2) is 10.7 Å². The molecule has 0 amide bonds. The molecule has 1 aromatic carbocycles. The Hall–Kier alpha value is -0.507. The quantitative estimate of drug-likeness (QED) is 0.358. The van der Waals surface area contributed by atoms with Crippen molar-refractivity contribution in [2.75, 3.05) is 45.4 Å². The summed E-state index contributed by atoms with van der Waals surface area (Å²) >= 11 is 0. The van der Waals surface area contributed by atoms with Gasteiger partial charge in [0.2, 0.25) is 11.1 Å². The fraction of sp³-hybridized carbons (Fsp3) is 0.500. The molecule has 6 nitrogen and oxygen atoms in total. The molecule has 0 aliphatic carbocycles. The van der Waals surface area contributed by atoms with Gasteiger partial charge in [0.25, 0.3) is 0 Å². The van der Waals surface area contributed by atoms with Crippen LogP contribution in [0.3, 0.4) is 0 Å². The van der Waals surface area contributed by atoms with E-state index in [2.05, 4.69) is 9.88 Å². The van der Waals surface area contributed by atoms with E-state index in [1.807, 2.05) is 6.07 Å². The van der Waals surface area contributed by atoms with Gasteiger partial charge in [-0.15, -0.1) is 0 Å². The number of hydrogen-bond acceptors (Lipinski definition) is 5. The summed E-state index contributed by atoms with van der Waals surface area (Å²) in [5.41, 5.74) is 1.27. The fourth-order valence-electron chi connectivity index (χ4n) is 2.00. The molecule has 22 heavy (non-hydrogen) atoms. The van der Waals surface area contributed by atoms with Gasteiger partial charge in [0.05, 0.1) is 39.2 Å². The normalized spacial score (nSPS) is 12.3. The number of nitrogens with zero attached hydrogens (tertiary/aromatic N) is 3. The number of anilines is 1. The molecule has 1 aliphatic rings. The van der Waals surface area contributed by atoms with Gasteiger partial charge in [-0.05, 0) is 0 Å². The van der Waals surface area contributed by atoms with Crippen LogP contribution in [0.1, 0.15) is 0 Å². The minimum atomic E-state index is 0. The molecule has 0 aromatic heterocycles. The number of methoxy groups -OCH3 is 2. The summed E-state index contributed by atoms with van der Waals surface area (Å²) in [4.78, 5) is 5.35. The van der Waals surface area contributed by atoms with Gasteiger partial charge < -0.3 is 56.3 Å². The Balaban J connectivity index is -0.000000902. The summed E-state index contributed by atoms with van der Waals surface area (Å²) in [6.45, 7) is 2.99. The molecule has 1 heterocycles. The molecule has 0 spiro atoms. The molecule has 1 aliphatic heterocycles. The summed E-state index contributed by atoms with van der Waals surface area (Å²) in [6, 6.07) is 3.48. The maximum Gasteiger partial charge on any atom is 2.00 e. The first-order valence-electron chi connectivity index (χ1n) is 5.74. The van der Waals surface area contributed by atoms with E-state index in [1.165, 1.54) is 0 Å². The zero-order valence-corrected chi connectivity index (χ0v) is 17.6. The SMILES string of the molecule is COc1cc(N2CCOCC2)c(OC)cc1[N+]#N.[Cl-].[Cl-].[Cl-].[Zn+2]. The predicted octanol–water partition coefficient (Wildman–Crippen LogP) is -6.97. The third kappa shape index (κ3) is 5.94. The molecule has 0 saturated carbocycles. The monoisotopic (exact) mass is 419 g/mol. The summed E-state index contributed by atoms with van der Waals surface area (Å²) in [6.07, 6.45) is 0. The molecule has 0 bridgehead atoms. The predicted molar refractivity (Wildman–Crippen MR) is 67.3 cm³/mol. The first-order valence-corrected chi connectivity index (χ1v) is 5.74. The van der Waals surface area contributed by atoms with E-state index < -0.39 is 0 Å². The molecule has 1 saturated heterocycles. The van der Waals surface area contributed by atoms with E-state index in [0.29, 0.717) is 30.4 Å². The molecule has 2 rings (SSSR count). The van der Waals surface area contributed by atoms with E-state index in [1.54, 1.807) is 20.3 Å². The molecule has 0 radical (unpaired) electrons. The molecular formula is C12H16Cl3N3O3Zn. The Morgan fingerprint density at radius 3 is 2.05 bits per heavy atom. The van der Waals surface area contributed by atoms with E-state index in [-0.39, 0.29) is 56.7 Å². The fourth-order valence-corrected chi connectivity index (χ4v) is 2.00. The van der Waals surface area contributed by atoms with Gasteiger partial charge in [0.1, 0.15) is 0 Å². The van der Waals surface area contributed by atoms with Crippen molar-refractivity contribution in [1.29, 1.82) is 5.39 Å². The van der Waals surface area contributed by atoms with Crippen LogP contribution in [0, 0.1) is 5.39 Å². The molecule has 10 heteroatoms. The van der Waals surface area contributed by atoms with Gasteiger partial charge in [0, 0.05) is 19.2 Å². The van der Waals surface area contributed by atoms with E-state index in [4.69, 9.17) is 19.6 Å². The average Bonchev–Trinajstić information content (AvgIpc) is 2.46. The van der Waals surface area contributed by atoms with Crippen LogP contribution in [0.15, 0.2) is 12.1 Å². The number of benzene rings is 1. The van der Waals surface area contributed by atoms with Gasteiger partial charge >= 0.3 is 25.2 Å². The molecule has 0 N–H and O–H groups in total. The second-order valence-corrected chi connectivity index (χ2v) is 3.90. The Bertz CT molecular complexity index is 483. The van der Waals surface area contributed by atoms with Gasteiger partial charge in [-0.2, -0.15) is 0 Å². The van der Waals surface area contributed by atoms with Crippen molar-refractivity contribution in [3.8, 4) is 11.5 Å². The Kier molecular flexibility index (Phi) is 15.6. The van der Waals surface area contributed by atoms with Crippen molar-refractivity contribution in [1.82, 2.24) is 0 Å². The molecule has 0 unspecified atom stereocenters. The molecule has 120 valence electrons. The van der Waals surface area contributed by atoms with Gasteiger partial charge in [-0.1, -0.05) is 0 Å². The number of morpholine rings is 1. The summed E-state index contributed by atoms with van der Waals surface area (Å²) < 4.78 is 15.9. The van der Waals surface area contributed by atoms with Crippen molar-refractivity contribution < 1.29 is 70.9 Å². The zero-order valence-electron chi connectivity index (χ0n) is 12.4. The van der Waals surface area contributed by atoms with Crippen LogP contribution < -0.4 is 51.6 Å². The summed E-state index contributed by atoms with van der Waals surface area (Å²) in [5.74, 6) is 1.17. The number of diazo groups is 1. The van der Waals surface area contributed by atoms with Crippen LogP contribution in [0.2, 0.25) is 0 Å². The van der Waals surface area contributed by atoms with Crippen molar-refractivity contribution in [2.45, 2.75) is 0 Å². The second-order valence-electron chi connectivity index (χ2n) is 3.90. The first-order chi connectivity index (χ1) is 8.80. The van der Waals surface area contributed by atoms with E-state index in [0.717, 1.165) is 18.8 Å². The number of hydrogen-bond donors (Lipinski definition) is 0. The molecule has 1 fully saturated rings. The molecule has 1 aromatic rings.